The van der Waals surface area contributed by atoms with Gasteiger partial charge < -0.3 is 19.4 Å². The van der Waals surface area contributed by atoms with Crippen molar-refractivity contribution in [2.24, 2.45) is 0 Å². The van der Waals surface area contributed by atoms with Crippen LogP contribution in [0.5, 0.6) is 0 Å². The summed E-state index contributed by atoms with van der Waals surface area (Å²) >= 11 is 0. The number of morpholine rings is 1. The highest BCUT2D eigenvalue weighted by Crippen LogP contribution is 2.32. The largest absolute Gasteiger partial charge is 0.433 e. The molecule has 0 aliphatic carbocycles. The predicted molar refractivity (Wildman–Crippen MR) is 129 cm³/mol. The van der Waals surface area contributed by atoms with Crippen LogP contribution in [-0.4, -0.2) is 64.5 Å². The average molecular weight is 517 g/mol. The van der Waals surface area contributed by atoms with E-state index in [4.69, 9.17) is 9.15 Å². The molecule has 0 spiro atoms. The molecule has 0 bridgehead atoms. The molecule has 0 radical (unpaired) electrons. The maximum Gasteiger partial charge on any atom is 0.433 e. The molecule has 0 amide bonds. The lowest BCUT2D eigenvalue weighted by Gasteiger charge is -2.30. The highest BCUT2D eigenvalue weighted by atomic mass is 19.4. The number of piperidine rings is 1. The molecule has 5 rings (SSSR count). The molecule has 0 saturated carbocycles. The topological polar surface area (TPSA) is 96.6 Å². The summed E-state index contributed by atoms with van der Waals surface area (Å²) < 4.78 is 50.9. The van der Waals surface area contributed by atoms with Crippen molar-refractivity contribution in [3.63, 3.8) is 0 Å². The fourth-order valence-corrected chi connectivity index (χ4v) is 4.51. The molecule has 4 heterocycles. The van der Waals surface area contributed by atoms with Gasteiger partial charge in [-0.05, 0) is 43.2 Å². The van der Waals surface area contributed by atoms with Crippen molar-refractivity contribution in [1.29, 1.82) is 0 Å². The molecule has 1 N–H and O–H groups in total. The smallest absolute Gasteiger partial charge is 0.423 e. The maximum absolute atomic E-state index is 13.1. The summed E-state index contributed by atoms with van der Waals surface area (Å²) in [5.41, 5.74) is 1.10. The van der Waals surface area contributed by atoms with Crippen LogP contribution in [-0.2, 0) is 22.3 Å². The number of hydrogen-bond donors (Lipinski definition) is 1. The van der Waals surface area contributed by atoms with E-state index in [1.54, 1.807) is 12.3 Å². The van der Waals surface area contributed by atoms with Gasteiger partial charge in [0.05, 0.1) is 25.5 Å². The Hall–Kier alpha value is -3.51. The number of aromatic nitrogens is 3. The molecule has 1 aromatic carbocycles. The Morgan fingerprint density at radius 2 is 1.95 bits per heavy atom. The van der Waals surface area contributed by atoms with Gasteiger partial charge in [-0.2, -0.15) is 13.2 Å². The van der Waals surface area contributed by atoms with E-state index in [0.29, 0.717) is 55.7 Å². The number of benzene rings is 1. The zero-order valence-electron chi connectivity index (χ0n) is 20.3. The third-order valence-electron chi connectivity index (χ3n) is 6.48. The third kappa shape index (κ3) is 5.91. The molecule has 196 valence electrons. The van der Waals surface area contributed by atoms with Crippen molar-refractivity contribution >= 4 is 23.4 Å². The molecule has 2 aromatic heterocycles. The number of hydrogen-bond acceptors (Lipinski definition) is 9. The monoisotopic (exact) mass is 516 g/mol. The Balaban J connectivity index is 1.45. The number of nitrogens with one attached hydrogen (secondary N) is 1. The van der Waals surface area contributed by atoms with Crippen LogP contribution in [0.2, 0.25) is 0 Å². The van der Waals surface area contributed by atoms with E-state index in [9.17, 15) is 18.0 Å². The van der Waals surface area contributed by atoms with Crippen LogP contribution in [0.3, 0.4) is 0 Å². The number of anilines is 3. The van der Waals surface area contributed by atoms with Gasteiger partial charge in [0.1, 0.15) is 5.69 Å². The predicted octanol–water partition coefficient (Wildman–Crippen LogP) is 4.28. The van der Waals surface area contributed by atoms with E-state index in [0.717, 1.165) is 37.3 Å². The number of carbonyl (C=O) groups excluding carboxylic acids is 1. The summed E-state index contributed by atoms with van der Waals surface area (Å²) in [5, 5.41) is 2.90. The minimum absolute atomic E-state index is 0.145. The standard InChI is InChI=1S/C25H27F3N6O3/c1-16-20(35)3-2-6-34(16)24-30-14-21(37-24)18-11-17(15-33-7-9-36-10-8-33)12-19(13-18)31-23-29-5-4-22(32-23)25(26,27)28/h4-5,11-14,16H,2-3,6-10,15H2,1H3,(H,29,31,32). The number of rotatable bonds is 6. The van der Waals surface area contributed by atoms with Crippen LogP contribution >= 0.6 is 0 Å². The quantitative estimate of drug-likeness (QED) is 0.515. The summed E-state index contributed by atoms with van der Waals surface area (Å²) in [6.07, 6.45) is -0.631. The summed E-state index contributed by atoms with van der Waals surface area (Å²) in [6, 6.07) is 6.44. The Bertz CT molecular complexity index is 1260. The number of ketones is 1. The maximum atomic E-state index is 13.1. The first-order valence-electron chi connectivity index (χ1n) is 12.1. The number of ether oxygens (including phenoxy) is 1. The van der Waals surface area contributed by atoms with Crippen molar-refractivity contribution in [3.8, 4) is 11.3 Å². The second-order valence-corrected chi connectivity index (χ2v) is 9.14. The fourth-order valence-electron chi connectivity index (χ4n) is 4.51. The van der Waals surface area contributed by atoms with Crippen LogP contribution in [0.4, 0.5) is 30.8 Å². The van der Waals surface area contributed by atoms with Crippen molar-refractivity contribution in [1.82, 2.24) is 19.9 Å². The van der Waals surface area contributed by atoms with Gasteiger partial charge in [0, 0.05) is 50.0 Å². The molecule has 2 saturated heterocycles. The second-order valence-electron chi connectivity index (χ2n) is 9.14. The molecular weight excluding hydrogens is 489 g/mol. The van der Waals surface area contributed by atoms with Gasteiger partial charge in [-0.15, -0.1) is 0 Å². The number of oxazole rings is 1. The van der Waals surface area contributed by atoms with Crippen LogP contribution < -0.4 is 10.2 Å². The Morgan fingerprint density at radius 3 is 2.73 bits per heavy atom. The van der Waals surface area contributed by atoms with Crippen LogP contribution in [0.25, 0.3) is 11.3 Å². The molecule has 2 aliphatic heterocycles. The third-order valence-corrected chi connectivity index (χ3v) is 6.48. The molecule has 1 unspecified atom stereocenters. The van der Waals surface area contributed by atoms with Gasteiger partial charge in [-0.3, -0.25) is 9.69 Å². The molecule has 2 fully saturated rings. The zero-order valence-corrected chi connectivity index (χ0v) is 20.3. The van der Waals surface area contributed by atoms with Gasteiger partial charge in [-0.25, -0.2) is 15.0 Å². The number of nitrogens with zero attached hydrogens (tertiary/aromatic N) is 5. The van der Waals surface area contributed by atoms with E-state index in [1.807, 2.05) is 24.0 Å². The van der Waals surface area contributed by atoms with Crippen LogP contribution in [0.1, 0.15) is 31.0 Å². The van der Waals surface area contributed by atoms with Crippen LogP contribution in [0.15, 0.2) is 41.1 Å². The summed E-state index contributed by atoms with van der Waals surface area (Å²) in [5.74, 6) is 0.464. The van der Waals surface area contributed by atoms with Crippen molar-refractivity contribution in [2.45, 2.75) is 38.5 Å². The number of carbonyl (C=O) groups is 1. The van der Waals surface area contributed by atoms with Crippen LogP contribution in [0, 0.1) is 0 Å². The average Bonchev–Trinajstić information content (AvgIpc) is 3.36. The lowest BCUT2D eigenvalue weighted by atomic mass is 10.0. The van der Waals surface area contributed by atoms with Crippen molar-refractivity contribution in [2.75, 3.05) is 43.1 Å². The highest BCUT2D eigenvalue weighted by Gasteiger charge is 2.33. The normalized spacial score (nSPS) is 19.3. The Morgan fingerprint density at radius 1 is 1.14 bits per heavy atom. The van der Waals surface area contributed by atoms with Crippen molar-refractivity contribution in [3.05, 3.63) is 47.9 Å². The Kier molecular flexibility index (Phi) is 7.11. The minimum Gasteiger partial charge on any atom is -0.423 e. The zero-order chi connectivity index (χ0) is 26.0. The molecule has 12 heteroatoms. The van der Waals surface area contributed by atoms with E-state index in [-0.39, 0.29) is 17.8 Å². The SMILES string of the molecule is CC1C(=O)CCCN1c1ncc(-c2cc(CN3CCOCC3)cc(Nc3nccc(C(F)(F)F)n3)c2)o1. The van der Waals surface area contributed by atoms with Gasteiger partial charge in [0.15, 0.2) is 11.5 Å². The second kappa shape index (κ2) is 10.5. The lowest BCUT2D eigenvalue weighted by molar-refractivity contribution is -0.141. The first-order valence-corrected chi connectivity index (χ1v) is 12.1. The number of halogens is 3. The molecular formula is C25H27F3N6O3. The Labute approximate surface area is 211 Å². The highest BCUT2D eigenvalue weighted by molar-refractivity contribution is 5.87. The van der Waals surface area contributed by atoms with Crippen molar-refractivity contribution < 1.29 is 27.1 Å². The van der Waals surface area contributed by atoms with Gasteiger partial charge in [-0.1, -0.05) is 0 Å². The summed E-state index contributed by atoms with van der Waals surface area (Å²) in [4.78, 5) is 28.2. The summed E-state index contributed by atoms with van der Waals surface area (Å²) in [6.45, 7) is 5.96. The summed E-state index contributed by atoms with van der Waals surface area (Å²) in [7, 11) is 0. The first kappa shape index (κ1) is 25.2. The fraction of sp³-hybridized carbons (Fsp3) is 0.440. The number of alkyl halides is 3. The molecule has 2 aliphatic rings. The van der Waals surface area contributed by atoms with Gasteiger partial charge in [0.2, 0.25) is 5.95 Å². The molecule has 37 heavy (non-hydrogen) atoms. The molecule has 3 aromatic rings. The minimum atomic E-state index is -4.58. The van der Waals surface area contributed by atoms with E-state index >= 15 is 0 Å². The van der Waals surface area contributed by atoms with E-state index < -0.39 is 11.9 Å². The first-order chi connectivity index (χ1) is 17.8. The van der Waals surface area contributed by atoms with Gasteiger partial charge in [0.25, 0.3) is 6.01 Å². The number of Topliss-reactive ketones (excluding diaryl/α,β-unsaturated/α-hetero) is 1. The lowest BCUT2D eigenvalue weighted by Crippen LogP contribution is -2.44. The molecule has 1 atom stereocenters. The van der Waals surface area contributed by atoms with E-state index in [1.165, 1.54) is 0 Å². The van der Waals surface area contributed by atoms with Gasteiger partial charge >= 0.3 is 6.18 Å². The van der Waals surface area contributed by atoms with E-state index in [2.05, 4.69) is 25.2 Å². The molecule has 9 nitrogen and oxygen atoms in total.